The highest BCUT2D eigenvalue weighted by Crippen LogP contribution is 2.34. The van der Waals surface area contributed by atoms with Crippen molar-refractivity contribution in [1.82, 2.24) is 10.2 Å². The summed E-state index contributed by atoms with van der Waals surface area (Å²) < 4.78 is 20.3. The van der Waals surface area contributed by atoms with E-state index in [1.807, 2.05) is 13.0 Å². The number of aromatic nitrogens is 2. The first-order valence-corrected chi connectivity index (χ1v) is 7.51. The molecule has 7 heteroatoms. The van der Waals surface area contributed by atoms with Gasteiger partial charge in [-0.1, -0.05) is 19.0 Å². The Kier molecular flexibility index (Phi) is 4.11. The zero-order valence-corrected chi connectivity index (χ0v) is 13.7. The van der Waals surface area contributed by atoms with E-state index in [4.69, 9.17) is 10.5 Å². The first-order chi connectivity index (χ1) is 11.4. The van der Waals surface area contributed by atoms with Crippen LogP contribution in [0.1, 0.15) is 5.69 Å². The predicted molar refractivity (Wildman–Crippen MR) is 94.1 cm³/mol. The molecule has 24 heavy (non-hydrogen) atoms. The molecule has 0 amide bonds. The number of fused-ring (bicyclic) bond motifs is 1. The molecule has 3 N–H and O–H groups in total. The molecule has 0 unspecified atom stereocenters. The Hall–Kier alpha value is -2.67. The first kappa shape index (κ1) is 16.2. The van der Waals surface area contributed by atoms with Crippen LogP contribution < -0.4 is 15.9 Å². The Morgan fingerprint density at radius 2 is 1.92 bits per heavy atom. The van der Waals surface area contributed by atoms with Crippen molar-refractivity contribution in [3.05, 3.63) is 41.8 Å². The Balaban J connectivity index is 2.31. The van der Waals surface area contributed by atoms with Gasteiger partial charge in [-0.05, 0) is 36.1 Å². The number of ether oxygens (including phenoxy) is 1. The van der Waals surface area contributed by atoms with Crippen LogP contribution in [0.15, 0.2) is 30.3 Å². The lowest BCUT2D eigenvalue weighted by atomic mass is 9.63. The number of nitrogens with two attached hydrogens (primary N) is 1. The highest BCUT2D eigenvalue weighted by molar-refractivity contribution is 6.65. The molecule has 5 nitrogen and oxygen atoms in total. The van der Waals surface area contributed by atoms with Crippen molar-refractivity contribution in [2.24, 2.45) is 0 Å². The van der Waals surface area contributed by atoms with Gasteiger partial charge in [-0.3, -0.25) is 0 Å². The zero-order chi connectivity index (χ0) is 17.4. The quantitative estimate of drug-likeness (QED) is 0.721. The molecular formula is C17H17BFN3O2. The number of benzene rings is 2. The van der Waals surface area contributed by atoms with Crippen LogP contribution >= 0.6 is 0 Å². The largest absolute Gasteiger partial charge is 0.496 e. The summed E-state index contributed by atoms with van der Waals surface area (Å²) in [5.41, 5.74) is 7.70. The predicted octanol–water partition coefficient (Wildman–Crippen LogP) is 2.16. The number of anilines is 1. The third kappa shape index (κ3) is 2.57. The minimum Gasteiger partial charge on any atom is -0.496 e. The van der Waals surface area contributed by atoms with Gasteiger partial charge in [0.1, 0.15) is 11.6 Å². The summed E-state index contributed by atoms with van der Waals surface area (Å²) in [7, 11) is 1.48. The van der Waals surface area contributed by atoms with Crippen LogP contribution in [-0.4, -0.2) is 29.2 Å². The third-order valence-corrected chi connectivity index (χ3v) is 4.09. The van der Waals surface area contributed by atoms with E-state index in [0.717, 1.165) is 10.8 Å². The summed E-state index contributed by atoms with van der Waals surface area (Å²) in [5.74, 6) is 0.215. The second-order valence-corrected chi connectivity index (χ2v) is 5.65. The molecule has 2 aromatic carbocycles. The first-order valence-electron chi connectivity index (χ1n) is 7.51. The molecule has 0 radical (unpaired) electrons. The van der Waals surface area contributed by atoms with Crippen LogP contribution in [0.4, 0.5) is 10.2 Å². The van der Waals surface area contributed by atoms with E-state index in [0.29, 0.717) is 28.4 Å². The lowest BCUT2D eigenvalue weighted by Gasteiger charge is -2.15. The minimum absolute atomic E-state index is 0.218. The molecule has 0 spiro atoms. The van der Waals surface area contributed by atoms with E-state index in [1.54, 1.807) is 18.2 Å². The van der Waals surface area contributed by atoms with Crippen LogP contribution in [0.5, 0.6) is 5.75 Å². The molecule has 1 aromatic heterocycles. The monoisotopic (exact) mass is 325 g/mol. The number of rotatable bonds is 3. The second-order valence-electron chi connectivity index (χ2n) is 5.65. The van der Waals surface area contributed by atoms with Crippen LogP contribution in [0, 0.1) is 12.7 Å². The van der Waals surface area contributed by atoms with Crippen molar-refractivity contribution < 1.29 is 14.2 Å². The van der Waals surface area contributed by atoms with Crippen LogP contribution in [0.3, 0.4) is 0 Å². The van der Waals surface area contributed by atoms with E-state index >= 15 is 0 Å². The number of aryl methyl sites for hydroxylation is 1. The maximum atomic E-state index is 14.9. The van der Waals surface area contributed by atoms with E-state index < -0.39 is 12.7 Å². The molecule has 0 saturated heterocycles. The average molecular weight is 325 g/mol. The average Bonchev–Trinajstić information content (AvgIpc) is 2.57. The topological polar surface area (TPSA) is 81.3 Å². The molecule has 0 atom stereocenters. The van der Waals surface area contributed by atoms with Gasteiger partial charge < -0.3 is 15.5 Å². The van der Waals surface area contributed by atoms with Gasteiger partial charge in [0, 0.05) is 10.8 Å². The van der Waals surface area contributed by atoms with Crippen LogP contribution in [-0.2, 0) is 0 Å². The molecule has 3 aromatic rings. The van der Waals surface area contributed by atoms with Gasteiger partial charge in [-0.25, -0.2) is 4.39 Å². The second kappa shape index (κ2) is 6.09. The molecule has 0 saturated carbocycles. The number of nitrogens with zero attached hydrogens (tertiary/aromatic N) is 2. The van der Waals surface area contributed by atoms with Gasteiger partial charge in [0.2, 0.25) is 0 Å². The molecule has 3 rings (SSSR count). The number of halogens is 1. The minimum atomic E-state index is -0.918. The van der Waals surface area contributed by atoms with E-state index in [9.17, 15) is 9.41 Å². The smallest absolute Gasteiger partial charge is 0.323 e. The summed E-state index contributed by atoms with van der Waals surface area (Å²) in [6, 6.07) is 8.53. The van der Waals surface area contributed by atoms with Gasteiger partial charge in [0.05, 0.1) is 18.4 Å². The SMILES string of the molecule is COc1ccc(B(C)O)c(F)c1-c1ccc2c(N)nnc(C)c2c1. The van der Waals surface area contributed by atoms with Crippen molar-refractivity contribution >= 4 is 29.0 Å². The van der Waals surface area contributed by atoms with Crippen LogP contribution in [0.2, 0.25) is 6.82 Å². The Bertz CT molecular complexity index is 931. The molecule has 1 heterocycles. The summed E-state index contributed by atoms with van der Waals surface area (Å²) in [5, 5.41) is 19.2. The zero-order valence-electron chi connectivity index (χ0n) is 13.7. The fourth-order valence-electron chi connectivity index (χ4n) is 2.80. The maximum Gasteiger partial charge on any atom is 0.323 e. The lowest BCUT2D eigenvalue weighted by molar-refractivity contribution is 0.413. The molecule has 0 aliphatic carbocycles. The molecule has 0 fully saturated rings. The fourth-order valence-corrected chi connectivity index (χ4v) is 2.80. The number of methoxy groups -OCH3 is 1. The van der Waals surface area contributed by atoms with Crippen molar-refractivity contribution in [2.75, 3.05) is 12.8 Å². The van der Waals surface area contributed by atoms with Crippen molar-refractivity contribution in [1.29, 1.82) is 0 Å². The van der Waals surface area contributed by atoms with Crippen molar-refractivity contribution in [3.63, 3.8) is 0 Å². The van der Waals surface area contributed by atoms with Gasteiger partial charge in [-0.15, -0.1) is 5.10 Å². The molecule has 0 aliphatic heterocycles. The highest BCUT2D eigenvalue weighted by Gasteiger charge is 2.21. The highest BCUT2D eigenvalue weighted by atomic mass is 19.1. The van der Waals surface area contributed by atoms with Crippen LogP contribution in [0.25, 0.3) is 21.9 Å². The number of nitrogen functional groups attached to an aromatic ring is 1. The fraction of sp³-hybridized carbons (Fsp3) is 0.176. The summed E-state index contributed by atoms with van der Waals surface area (Å²) >= 11 is 0. The van der Waals surface area contributed by atoms with Gasteiger partial charge in [-0.2, -0.15) is 5.10 Å². The Morgan fingerprint density at radius 3 is 2.58 bits per heavy atom. The molecule has 0 aliphatic rings. The normalized spacial score (nSPS) is 10.9. The third-order valence-electron chi connectivity index (χ3n) is 4.09. The van der Waals surface area contributed by atoms with Gasteiger partial charge in [0.25, 0.3) is 0 Å². The van der Waals surface area contributed by atoms with Crippen molar-refractivity contribution in [2.45, 2.75) is 13.7 Å². The summed E-state index contributed by atoms with van der Waals surface area (Å²) in [6.45, 7) is 2.42. The van der Waals surface area contributed by atoms with Gasteiger partial charge in [0.15, 0.2) is 5.82 Å². The molecule has 0 bridgehead atoms. The van der Waals surface area contributed by atoms with Gasteiger partial charge >= 0.3 is 6.92 Å². The van der Waals surface area contributed by atoms with E-state index in [-0.39, 0.29) is 5.46 Å². The standard InChI is InChI=1S/C17H17BFN3O2/c1-9-12-8-10(4-5-11(12)17(20)22-21-9)15-14(24-3)7-6-13(16(15)19)18(2)23/h4-8,23H,1-3H3,(H2,20,22). The number of hydrogen-bond donors (Lipinski definition) is 2. The molecule has 122 valence electrons. The van der Waals surface area contributed by atoms with E-state index in [1.165, 1.54) is 20.0 Å². The number of hydrogen-bond acceptors (Lipinski definition) is 5. The van der Waals surface area contributed by atoms with E-state index in [2.05, 4.69) is 10.2 Å². The Labute approximate surface area is 139 Å². The maximum absolute atomic E-state index is 14.9. The van der Waals surface area contributed by atoms with Crippen molar-refractivity contribution in [3.8, 4) is 16.9 Å². The summed E-state index contributed by atoms with van der Waals surface area (Å²) in [4.78, 5) is 0. The Morgan fingerprint density at radius 1 is 1.17 bits per heavy atom. The molecular weight excluding hydrogens is 308 g/mol. The summed E-state index contributed by atoms with van der Waals surface area (Å²) in [6.07, 6.45) is 0. The lowest BCUT2D eigenvalue weighted by Crippen LogP contribution is -2.30.